The van der Waals surface area contributed by atoms with Crippen molar-refractivity contribution in [3.8, 4) is 0 Å². The van der Waals surface area contributed by atoms with Gasteiger partial charge in [0.25, 0.3) is 0 Å². The van der Waals surface area contributed by atoms with Gasteiger partial charge in [0.2, 0.25) is 5.69 Å². The van der Waals surface area contributed by atoms with Crippen LogP contribution in [0.25, 0.3) is 0 Å². The lowest BCUT2D eigenvalue weighted by atomic mass is 10.3. The van der Waals surface area contributed by atoms with Crippen molar-refractivity contribution in [1.29, 1.82) is 0 Å². The van der Waals surface area contributed by atoms with Gasteiger partial charge in [-0.3, -0.25) is 4.79 Å². The molecule has 0 aliphatic heterocycles. The van der Waals surface area contributed by atoms with Gasteiger partial charge >= 0.3 is 40.9 Å². The number of unbranched alkanes of at least 4 members (excludes halogenated alkanes) is 1. The Labute approximate surface area is 182 Å². The van der Waals surface area contributed by atoms with Crippen LogP contribution in [0.3, 0.4) is 0 Å². The number of amides is 1. The maximum atomic E-state index is 13.5. The van der Waals surface area contributed by atoms with Crippen LogP contribution in [0.2, 0.25) is 0 Å². The van der Waals surface area contributed by atoms with Crippen molar-refractivity contribution < 1.29 is 66.0 Å². The van der Waals surface area contributed by atoms with E-state index in [-0.39, 0.29) is 0 Å². The first kappa shape index (κ1) is 30.9. The zero-order chi connectivity index (χ0) is 26.8. The Balaban J connectivity index is 0.000000716. The predicted molar refractivity (Wildman–Crippen MR) is 92.8 cm³/mol. The molecule has 1 aromatic rings. The molecule has 0 radical (unpaired) electrons. The lowest BCUT2D eigenvalue weighted by Gasteiger charge is -2.24. The number of sulfone groups is 2. The minimum atomic E-state index is -8.17. The van der Waals surface area contributed by atoms with Gasteiger partial charge in [-0.25, -0.2) is 16.8 Å². The highest BCUT2D eigenvalue weighted by Gasteiger charge is 2.79. The van der Waals surface area contributed by atoms with Gasteiger partial charge in [0.15, 0.2) is 6.54 Å². The first-order chi connectivity index (χ1) is 14.5. The van der Waals surface area contributed by atoms with Gasteiger partial charge in [0.05, 0.1) is 12.7 Å². The van der Waals surface area contributed by atoms with E-state index in [2.05, 4.69) is 43.2 Å². The molecule has 0 unspecified atom stereocenters. The maximum Gasteiger partial charge on any atom is 0.502 e. The molecule has 0 bridgehead atoms. The molecular weight excluding hydrogens is 525 g/mol. The summed E-state index contributed by atoms with van der Waals surface area (Å²) in [5.41, 5.74) is -11.5. The van der Waals surface area contributed by atoms with E-state index in [1.54, 1.807) is 0 Å². The number of carbonyl (C=O) groups excluding carboxylic acids is 1. The van der Waals surface area contributed by atoms with Crippen LogP contribution in [-0.4, -0.2) is 48.1 Å². The van der Waals surface area contributed by atoms with Crippen LogP contribution in [0.15, 0.2) is 6.07 Å². The SMILES string of the molecule is CCCC[n+]1c(C)cc(C)n1C.O=C(N(F)F)C(F)(S(=O)(=O)C(F)(F)F)S(=O)(=O)C(F)(F)F. The van der Waals surface area contributed by atoms with E-state index in [0.717, 1.165) is 6.54 Å². The number of rotatable bonds is 6. The minimum Gasteiger partial charge on any atom is -0.263 e. The minimum absolute atomic E-state index is 1.15. The molecule has 0 aliphatic carbocycles. The molecule has 0 saturated heterocycles. The number of alkyl halides is 7. The van der Waals surface area contributed by atoms with Crippen molar-refractivity contribution in [3.05, 3.63) is 17.5 Å². The van der Waals surface area contributed by atoms with E-state index < -0.39 is 46.3 Å². The highest BCUT2D eigenvalue weighted by Crippen LogP contribution is 2.45. The van der Waals surface area contributed by atoms with Crippen LogP contribution < -0.4 is 4.68 Å². The number of nitrogens with zero attached hydrogens (tertiary/aromatic N) is 3. The largest absolute Gasteiger partial charge is 0.502 e. The van der Waals surface area contributed by atoms with Crippen molar-refractivity contribution in [1.82, 2.24) is 10.0 Å². The molecule has 0 N–H and O–H groups in total. The molecule has 0 atom stereocenters. The summed E-state index contributed by atoms with van der Waals surface area (Å²) in [6.45, 7) is 7.69. The fraction of sp³-hybridized carbons (Fsp3) is 0.714. The number of aryl methyl sites for hydroxylation is 2. The van der Waals surface area contributed by atoms with E-state index >= 15 is 0 Å². The molecule has 8 nitrogen and oxygen atoms in total. The molecule has 1 aromatic heterocycles. The monoisotopic (exact) mass is 544 g/mol. The fourth-order valence-corrected chi connectivity index (χ4v) is 5.22. The summed E-state index contributed by atoms with van der Waals surface area (Å²) in [5, 5.41) is -3.37. The Bertz CT molecular complexity index is 1020. The highest BCUT2D eigenvalue weighted by molar-refractivity contribution is 8.12. The second-order valence-corrected chi connectivity index (χ2v) is 10.7. The quantitative estimate of drug-likeness (QED) is 0.312. The van der Waals surface area contributed by atoms with Gasteiger partial charge in [-0.1, -0.05) is 22.3 Å². The normalized spacial score (nSPS) is 13.4. The Morgan fingerprint density at radius 2 is 1.36 bits per heavy atom. The summed E-state index contributed by atoms with van der Waals surface area (Å²) in [6, 6.07) is 2.23. The molecule has 0 aromatic carbocycles. The molecule has 1 amide bonds. The van der Waals surface area contributed by atoms with Gasteiger partial charge < -0.3 is 0 Å². The average molecular weight is 544 g/mol. The van der Waals surface area contributed by atoms with Crippen molar-refractivity contribution in [2.75, 3.05) is 0 Å². The number of hydrogen-bond acceptors (Lipinski definition) is 5. The molecule has 1 heterocycles. The van der Waals surface area contributed by atoms with Gasteiger partial charge in [0, 0.05) is 24.8 Å². The number of halogens is 9. The third-order valence-corrected chi connectivity index (χ3v) is 8.40. The zero-order valence-corrected chi connectivity index (χ0v) is 18.9. The topological polar surface area (TPSA) is 97.4 Å². The van der Waals surface area contributed by atoms with E-state index in [1.165, 1.54) is 24.2 Å². The van der Waals surface area contributed by atoms with Crippen LogP contribution in [-0.2, 0) is 38.1 Å². The summed E-state index contributed by atoms with van der Waals surface area (Å²) in [7, 11) is -14.2. The lowest BCUT2D eigenvalue weighted by Crippen LogP contribution is -2.60. The molecule has 0 spiro atoms. The van der Waals surface area contributed by atoms with Gasteiger partial charge in [-0.2, -0.15) is 35.4 Å². The summed E-state index contributed by atoms with van der Waals surface area (Å²) in [4.78, 5) is 10.4. The van der Waals surface area contributed by atoms with Crippen molar-refractivity contribution >= 4 is 25.6 Å². The Morgan fingerprint density at radius 3 is 1.61 bits per heavy atom. The Kier molecular flexibility index (Phi) is 9.44. The molecule has 19 heteroatoms. The molecular formula is C14H19F9N3O5S2+. The summed E-state index contributed by atoms with van der Waals surface area (Å²) < 4.78 is 149. The Hall–Kier alpha value is -2.05. The van der Waals surface area contributed by atoms with E-state index in [0.29, 0.717) is 0 Å². The number of carbonyl (C=O) groups is 1. The molecule has 194 valence electrons. The second kappa shape index (κ2) is 10.1. The Morgan fingerprint density at radius 1 is 0.970 bits per heavy atom. The van der Waals surface area contributed by atoms with E-state index in [9.17, 15) is 61.3 Å². The predicted octanol–water partition coefficient (Wildman–Crippen LogP) is 2.81. The van der Waals surface area contributed by atoms with Crippen LogP contribution in [0.1, 0.15) is 31.2 Å². The van der Waals surface area contributed by atoms with Crippen LogP contribution in [0, 0.1) is 13.8 Å². The van der Waals surface area contributed by atoms with Crippen LogP contribution in [0.4, 0.5) is 39.7 Å². The summed E-state index contributed by atoms with van der Waals surface area (Å²) in [6.07, 6.45) is 2.53. The fourth-order valence-electron chi connectivity index (χ4n) is 2.30. The summed E-state index contributed by atoms with van der Waals surface area (Å²) >= 11 is 0. The lowest BCUT2D eigenvalue weighted by molar-refractivity contribution is -0.778. The van der Waals surface area contributed by atoms with Crippen LogP contribution in [0.5, 0.6) is 0 Å². The molecule has 0 saturated carbocycles. The van der Waals surface area contributed by atoms with Crippen molar-refractivity contribution in [2.45, 2.75) is 55.5 Å². The van der Waals surface area contributed by atoms with E-state index in [1.807, 2.05) is 0 Å². The molecule has 0 fully saturated rings. The van der Waals surface area contributed by atoms with E-state index in [4.69, 9.17) is 0 Å². The molecule has 33 heavy (non-hydrogen) atoms. The standard InChI is InChI=1S/C10H19N2.C4F9NO5S2/c1-5-6-7-12-10(3)8-9(2)11(12)4;5-2(1(15)14(12)13,20(16,17)3(6,7)8)21(18,19)4(9,10)11/h8H,5-7H2,1-4H3;/q+1;. The number of aromatic nitrogens is 2. The smallest absolute Gasteiger partial charge is 0.263 e. The zero-order valence-electron chi connectivity index (χ0n) is 17.3. The molecule has 0 aliphatic rings. The first-order valence-corrected chi connectivity index (χ1v) is 11.5. The first-order valence-electron chi connectivity index (χ1n) is 8.52. The summed E-state index contributed by atoms with van der Waals surface area (Å²) in [5.74, 6) is -4.39. The van der Waals surface area contributed by atoms with Crippen molar-refractivity contribution in [2.24, 2.45) is 7.05 Å². The second-order valence-electron chi connectivity index (χ2n) is 6.40. The highest BCUT2D eigenvalue weighted by atomic mass is 32.3. The van der Waals surface area contributed by atoms with Gasteiger partial charge in [-0.05, 0) is 6.92 Å². The third-order valence-electron chi connectivity index (χ3n) is 4.13. The van der Waals surface area contributed by atoms with Crippen molar-refractivity contribution in [3.63, 3.8) is 0 Å². The average Bonchev–Trinajstić information content (AvgIpc) is 2.88. The third kappa shape index (κ3) is 5.72. The molecule has 1 rings (SSSR count). The van der Waals surface area contributed by atoms with Gasteiger partial charge in [0.1, 0.15) is 0 Å². The maximum absolute atomic E-state index is 13.5. The number of hydrogen-bond donors (Lipinski definition) is 0. The van der Waals surface area contributed by atoms with Gasteiger partial charge in [-0.15, -0.1) is 4.68 Å². The van der Waals surface area contributed by atoms with Crippen LogP contribution >= 0.6 is 0 Å².